The number of nitrogens with one attached hydrogen (secondary N) is 1. The fourth-order valence-electron chi connectivity index (χ4n) is 2.58. The van der Waals surface area contributed by atoms with E-state index in [1.165, 1.54) is 19.2 Å². The van der Waals surface area contributed by atoms with Crippen LogP contribution in [0.15, 0.2) is 18.2 Å². The van der Waals surface area contributed by atoms with Crippen molar-refractivity contribution in [2.75, 3.05) is 39.8 Å². The van der Waals surface area contributed by atoms with Gasteiger partial charge in [-0.1, -0.05) is 0 Å². The average Bonchev–Trinajstić information content (AvgIpc) is 2.47. The van der Waals surface area contributed by atoms with Crippen LogP contribution < -0.4 is 10.1 Å². The summed E-state index contributed by atoms with van der Waals surface area (Å²) in [4.78, 5) is 2.33. The number of hydrogen-bond donors (Lipinski definition) is 1. The number of piperazine rings is 1. The van der Waals surface area contributed by atoms with Gasteiger partial charge in [-0.05, 0) is 43.1 Å². The molecule has 0 spiro atoms. The van der Waals surface area contributed by atoms with Crippen molar-refractivity contribution in [2.45, 2.75) is 19.0 Å². The molecule has 0 amide bonds. The fourth-order valence-corrected chi connectivity index (χ4v) is 2.58. The van der Waals surface area contributed by atoms with Gasteiger partial charge in [0.25, 0.3) is 0 Å². The van der Waals surface area contributed by atoms with Crippen LogP contribution in [0, 0.1) is 0 Å². The lowest BCUT2D eigenvalue weighted by Crippen LogP contribution is -2.43. The number of nitrogens with zero attached hydrogens (tertiary/aromatic N) is 1. The molecule has 0 saturated carbocycles. The van der Waals surface area contributed by atoms with E-state index in [1.54, 1.807) is 0 Å². The summed E-state index contributed by atoms with van der Waals surface area (Å²) >= 11 is 0. The number of rotatable bonds is 5. The second-order valence-electron chi connectivity index (χ2n) is 5.22. The van der Waals surface area contributed by atoms with Crippen molar-refractivity contribution < 1.29 is 17.9 Å². The maximum atomic E-state index is 12.8. The minimum Gasteiger partial charge on any atom is -0.496 e. The summed E-state index contributed by atoms with van der Waals surface area (Å²) < 4.78 is 43.4. The highest BCUT2D eigenvalue weighted by atomic mass is 19.4. The minimum atomic E-state index is -4.31. The summed E-state index contributed by atoms with van der Waals surface area (Å²) in [6.45, 7) is 4.86. The first-order valence-electron chi connectivity index (χ1n) is 7.18. The standard InChI is InChI=1S/C15H21F3N2O/c1-21-14-5-4-13(15(16,17)18)11-12(14)3-2-8-20-9-6-19-7-10-20/h4-5,11,19H,2-3,6-10H2,1H3. The first kappa shape index (κ1) is 16.1. The largest absolute Gasteiger partial charge is 0.496 e. The summed E-state index contributed by atoms with van der Waals surface area (Å²) in [6.07, 6.45) is -2.88. The van der Waals surface area contributed by atoms with Crippen molar-refractivity contribution in [3.63, 3.8) is 0 Å². The smallest absolute Gasteiger partial charge is 0.416 e. The Morgan fingerprint density at radius 1 is 1.24 bits per heavy atom. The van der Waals surface area contributed by atoms with Gasteiger partial charge in [-0.2, -0.15) is 13.2 Å². The number of benzene rings is 1. The summed E-state index contributed by atoms with van der Waals surface area (Å²) in [5, 5.41) is 3.28. The van der Waals surface area contributed by atoms with Crippen molar-refractivity contribution >= 4 is 0 Å². The lowest BCUT2D eigenvalue weighted by Gasteiger charge is -2.27. The molecule has 0 aliphatic carbocycles. The monoisotopic (exact) mass is 302 g/mol. The Labute approximate surface area is 123 Å². The highest BCUT2D eigenvalue weighted by Crippen LogP contribution is 2.32. The van der Waals surface area contributed by atoms with Gasteiger partial charge in [0.2, 0.25) is 0 Å². The van der Waals surface area contributed by atoms with Gasteiger partial charge in [-0.3, -0.25) is 0 Å². The van der Waals surface area contributed by atoms with Crippen LogP contribution in [-0.4, -0.2) is 44.7 Å². The topological polar surface area (TPSA) is 24.5 Å². The van der Waals surface area contributed by atoms with Crippen molar-refractivity contribution in [1.29, 1.82) is 0 Å². The van der Waals surface area contributed by atoms with Gasteiger partial charge in [-0.25, -0.2) is 0 Å². The number of aryl methyl sites for hydroxylation is 1. The molecule has 0 radical (unpaired) electrons. The minimum absolute atomic E-state index is 0.531. The lowest BCUT2D eigenvalue weighted by molar-refractivity contribution is -0.137. The van der Waals surface area contributed by atoms with E-state index in [-0.39, 0.29) is 0 Å². The van der Waals surface area contributed by atoms with Crippen LogP contribution in [-0.2, 0) is 12.6 Å². The fraction of sp³-hybridized carbons (Fsp3) is 0.600. The molecule has 118 valence electrons. The van der Waals surface area contributed by atoms with Crippen LogP contribution in [0.5, 0.6) is 5.75 Å². The third-order valence-electron chi connectivity index (χ3n) is 3.74. The molecule has 0 atom stereocenters. The molecule has 1 aliphatic heterocycles. The summed E-state index contributed by atoms with van der Waals surface area (Å²) in [6, 6.07) is 3.68. The quantitative estimate of drug-likeness (QED) is 0.904. The summed E-state index contributed by atoms with van der Waals surface area (Å²) in [7, 11) is 1.49. The molecule has 1 saturated heterocycles. The molecule has 6 heteroatoms. The van der Waals surface area contributed by atoms with Gasteiger partial charge >= 0.3 is 6.18 Å². The number of alkyl halides is 3. The van der Waals surface area contributed by atoms with E-state index < -0.39 is 11.7 Å². The average molecular weight is 302 g/mol. The number of hydrogen-bond acceptors (Lipinski definition) is 3. The van der Waals surface area contributed by atoms with Crippen LogP contribution in [0.4, 0.5) is 13.2 Å². The van der Waals surface area contributed by atoms with E-state index in [0.29, 0.717) is 17.7 Å². The van der Waals surface area contributed by atoms with Crippen molar-refractivity contribution in [1.82, 2.24) is 10.2 Å². The van der Waals surface area contributed by atoms with Gasteiger partial charge in [0.05, 0.1) is 12.7 Å². The zero-order valence-corrected chi connectivity index (χ0v) is 12.2. The van der Waals surface area contributed by atoms with E-state index in [0.717, 1.165) is 45.2 Å². The van der Waals surface area contributed by atoms with Crippen molar-refractivity contribution in [2.24, 2.45) is 0 Å². The SMILES string of the molecule is COc1ccc(C(F)(F)F)cc1CCCN1CCNCC1. The molecule has 0 unspecified atom stereocenters. The Morgan fingerprint density at radius 3 is 2.57 bits per heavy atom. The highest BCUT2D eigenvalue weighted by Gasteiger charge is 2.31. The molecule has 3 nitrogen and oxygen atoms in total. The molecule has 1 fully saturated rings. The zero-order valence-electron chi connectivity index (χ0n) is 12.2. The van der Waals surface area contributed by atoms with Crippen molar-refractivity contribution in [3.8, 4) is 5.75 Å². The van der Waals surface area contributed by atoms with Crippen LogP contribution in [0.2, 0.25) is 0 Å². The van der Waals surface area contributed by atoms with Crippen molar-refractivity contribution in [3.05, 3.63) is 29.3 Å². The molecule has 1 N–H and O–H groups in total. The van der Waals surface area contributed by atoms with E-state index in [4.69, 9.17) is 4.74 Å². The molecule has 0 bridgehead atoms. The molecule has 21 heavy (non-hydrogen) atoms. The first-order chi connectivity index (χ1) is 10.0. The third kappa shape index (κ3) is 4.61. The second kappa shape index (κ2) is 7.13. The molecule has 1 aliphatic rings. The molecule has 1 aromatic carbocycles. The molecule has 2 rings (SSSR count). The summed E-state index contributed by atoms with van der Waals surface area (Å²) in [5.74, 6) is 0.531. The predicted octanol–water partition coefficient (Wildman–Crippen LogP) is 2.55. The Kier molecular flexibility index (Phi) is 5.47. The van der Waals surface area contributed by atoms with Gasteiger partial charge in [-0.15, -0.1) is 0 Å². The maximum Gasteiger partial charge on any atom is 0.416 e. The number of methoxy groups -OCH3 is 1. The van der Waals surface area contributed by atoms with Gasteiger partial charge in [0, 0.05) is 26.2 Å². The van der Waals surface area contributed by atoms with E-state index >= 15 is 0 Å². The molecular weight excluding hydrogens is 281 g/mol. The zero-order chi connectivity index (χ0) is 15.3. The van der Waals surface area contributed by atoms with Crippen LogP contribution in [0.25, 0.3) is 0 Å². The molecule has 1 heterocycles. The van der Waals surface area contributed by atoms with Gasteiger partial charge in [0.1, 0.15) is 5.75 Å². The maximum absolute atomic E-state index is 12.8. The van der Waals surface area contributed by atoms with Gasteiger partial charge in [0.15, 0.2) is 0 Å². The Morgan fingerprint density at radius 2 is 1.95 bits per heavy atom. The molecule has 1 aromatic rings. The third-order valence-corrected chi connectivity index (χ3v) is 3.74. The van der Waals surface area contributed by atoms with Crippen LogP contribution in [0.3, 0.4) is 0 Å². The first-order valence-corrected chi connectivity index (χ1v) is 7.18. The van der Waals surface area contributed by atoms with Gasteiger partial charge < -0.3 is 15.0 Å². The van der Waals surface area contributed by atoms with E-state index in [2.05, 4.69) is 10.2 Å². The van der Waals surface area contributed by atoms with E-state index in [1.807, 2.05) is 0 Å². The van der Waals surface area contributed by atoms with Crippen LogP contribution >= 0.6 is 0 Å². The predicted molar refractivity (Wildman–Crippen MR) is 75.6 cm³/mol. The molecule has 0 aromatic heterocycles. The summed E-state index contributed by atoms with van der Waals surface area (Å²) in [5.41, 5.74) is 0.0166. The Hall–Kier alpha value is -1.27. The Balaban J connectivity index is 1.96. The lowest BCUT2D eigenvalue weighted by atomic mass is 10.0. The second-order valence-corrected chi connectivity index (χ2v) is 5.22. The van der Waals surface area contributed by atoms with Crippen LogP contribution in [0.1, 0.15) is 17.5 Å². The Bertz CT molecular complexity index is 457. The highest BCUT2D eigenvalue weighted by molar-refractivity contribution is 5.38. The number of ether oxygens (including phenoxy) is 1. The number of halogens is 3. The van der Waals surface area contributed by atoms with E-state index in [9.17, 15) is 13.2 Å². The molecular formula is C15H21F3N2O. The normalized spacial score (nSPS) is 17.0.